The Kier molecular flexibility index (Phi) is 7.28. The Morgan fingerprint density at radius 1 is 0.951 bits per heavy atom. The van der Waals surface area contributed by atoms with Crippen LogP contribution in [0, 0.1) is 11.6 Å². The lowest BCUT2D eigenvalue weighted by Crippen LogP contribution is -2.55. The summed E-state index contributed by atoms with van der Waals surface area (Å²) >= 11 is 0. The predicted octanol–water partition coefficient (Wildman–Crippen LogP) is 5.38. The minimum absolute atomic E-state index is 0.0111. The normalized spacial score (nSPS) is 22.2. The first kappa shape index (κ1) is 27.4. The van der Waals surface area contributed by atoms with E-state index in [9.17, 15) is 18.4 Å². The molecule has 0 aromatic heterocycles. The molecule has 6 nitrogen and oxygen atoms in total. The van der Waals surface area contributed by atoms with Gasteiger partial charge in [0.25, 0.3) is 11.8 Å². The van der Waals surface area contributed by atoms with E-state index in [4.69, 9.17) is 4.74 Å². The molecule has 3 heterocycles. The fourth-order valence-corrected chi connectivity index (χ4v) is 6.45. The van der Waals surface area contributed by atoms with E-state index in [2.05, 4.69) is 11.4 Å². The predicted molar refractivity (Wildman–Crippen MR) is 153 cm³/mol. The summed E-state index contributed by atoms with van der Waals surface area (Å²) in [7, 11) is 0. The van der Waals surface area contributed by atoms with Crippen LogP contribution in [0.1, 0.15) is 54.9 Å². The topological polar surface area (TPSA) is 61.9 Å². The molecule has 3 aromatic rings. The quantitative estimate of drug-likeness (QED) is 0.441. The highest BCUT2D eigenvalue weighted by Gasteiger charge is 2.45. The van der Waals surface area contributed by atoms with Crippen LogP contribution in [0.2, 0.25) is 0 Å². The molecule has 214 valence electrons. The zero-order valence-electron chi connectivity index (χ0n) is 23.4. The number of carbonyl (C=O) groups excluding carboxylic acids is 2. The van der Waals surface area contributed by atoms with Gasteiger partial charge in [-0.25, -0.2) is 8.78 Å². The number of carbonyl (C=O) groups is 2. The average Bonchev–Trinajstić information content (AvgIpc) is 3.62. The van der Waals surface area contributed by atoms with Gasteiger partial charge in [-0.05, 0) is 86.2 Å². The lowest BCUT2D eigenvalue weighted by atomic mass is 9.90. The SMILES string of the molecule is CC(C)(Oc1cccc(C2CCCN(C(=O)c3cccc(-c4ccc(F)c(F)c4)c3)C2)c1)C(=O)N1C[C@@H]2C[C@H]1CN2. The number of piperidine rings is 1. The number of nitrogens with zero attached hydrogens (tertiary/aromatic N) is 2. The van der Waals surface area contributed by atoms with Crippen molar-refractivity contribution < 1.29 is 23.1 Å². The van der Waals surface area contributed by atoms with E-state index in [-0.39, 0.29) is 23.8 Å². The van der Waals surface area contributed by atoms with Crippen molar-refractivity contribution >= 4 is 11.8 Å². The molecule has 3 aliphatic rings. The van der Waals surface area contributed by atoms with Crippen molar-refractivity contribution in [2.24, 2.45) is 0 Å². The average molecular weight is 560 g/mol. The molecule has 1 N–H and O–H groups in total. The van der Waals surface area contributed by atoms with E-state index in [0.29, 0.717) is 41.6 Å². The Hall–Kier alpha value is -3.78. The Morgan fingerprint density at radius 2 is 1.76 bits per heavy atom. The molecule has 0 aliphatic carbocycles. The van der Waals surface area contributed by atoms with E-state index in [1.165, 1.54) is 6.07 Å². The summed E-state index contributed by atoms with van der Waals surface area (Å²) in [6.07, 6.45) is 2.80. The van der Waals surface area contributed by atoms with Crippen molar-refractivity contribution in [3.8, 4) is 16.9 Å². The third-order valence-corrected chi connectivity index (χ3v) is 8.61. The van der Waals surface area contributed by atoms with Gasteiger partial charge in [-0.15, -0.1) is 0 Å². The number of nitrogens with one attached hydrogen (secondary N) is 1. The summed E-state index contributed by atoms with van der Waals surface area (Å²) in [6.45, 7) is 6.44. The van der Waals surface area contributed by atoms with Crippen LogP contribution in [0.3, 0.4) is 0 Å². The minimum Gasteiger partial charge on any atom is -0.478 e. The van der Waals surface area contributed by atoms with E-state index < -0.39 is 17.2 Å². The Labute approximate surface area is 239 Å². The zero-order valence-corrected chi connectivity index (χ0v) is 23.4. The Balaban J connectivity index is 1.14. The van der Waals surface area contributed by atoms with Crippen molar-refractivity contribution in [2.75, 3.05) is 26.2 Å². The molecule has 2 amide bonds. The largest absolute Gasteiger partial charge is 0.478 e. The second-order valence-corrected chi connectivity index (χ2v) is 11.9. The van der Waals surface area contributed by atoms with Gasteiger partial charge in [0.1, 0.15) is 5.75 Å². The van der Waals surface area contributed by atoms with E-state index in [1.807, 2.05) is 41.8 Å². The van der Waals surface area contributed by atoms with Crippen molar-refractivity contribution in [2.45, 2.75) is 56.7 Å². The molecule has 3 saturated heterocycles. The lowest BCUT2D eigenvalue weighted by Gasteiger charge is -2.35. The van der Waals surface area contributed by atoms with Gasteiger partial charge in [0, 0.05) is 49.7 Å². The summed E-state index contributed by atoms with van der Waals surface area (Å²) in [5.41, 5.74) is 1.76. The van der Waals surface area contributed by atoms with Crippen molar-refractivity contribution in [3.63, 3.8) is 0 Å². The first-order valence-corrected chi connectivity index (χ1v) is 14.4. The third kappa shape index (κ3) is 5.58. The van der Waals surface area contributed by atoms with E-state index in [1.54, 1.807) is 24.3 Å². The Morgan fingerprint density at radius 3 is 2.51 bits per heavy atom. The van der Waals surface area contributed by atoms with E-state index >= 15 is 0 Å². The standard InChI is InChI=1S/C33H35F2N3O3/c1-33(2,32(40)38-20-26-17-27(38)18-36-26)41-28-10-4-7-22(15-28)25-9-5-13-37(19-25)31(39)24-8-3-6-21(14-24)23-11-12-29(34)30(35)16-23/h3-4,6-8,10-12,14-16,25-27,36H,5,9,13,17-20H2,1-2H3/t25?,26-,27-/m0/s1. The summed E-state index contributed by atoms with van der Waals surface area (Å²) in [6, 6.07) is 19.3. The van der Waals surface area contributed by atoms with Crippen LogP contribution >= 0.6 is 0 Å². The van der Waals surface area contributed by atoms with E-state index in [0.717, 1.165) is 50.0 Å². The summed E-state index contributed by atoms with van der Waals surface area (Å²) < 4.78 is 33.5. The van der Waals surface area contributed by atoms with Gasteiger partial charge in [-0.2, -0.15) is 0 Å². The number of amides is 2. The highest BCUT2D eigenvalue weighted by Crippen LogP contribution is 2.33. The molecule has 41 heavy (non-hydrogen) atoms. The third-order valence-electron chi connectivity index (χ3n) is 8.61. The van der Waals surface area contributed by atoms with Gasteiger partial charge in [-0.1, -0.05) is 30.3 Å². The van der Waals surface area contributed by atoms with Gasteiger partial charge in [-0.3, -0.25) is 9.59 Å². The minimum atomic E-state index is -0.990. The highest BCUT2D eigenvalue weighted by atomic mass is 19.2. The second-order valence-electron chi connectivity index (χ2n) is 11.9. The molecule has 1 unspecified atom stereocenters. The van der Waals surface area contributed by atoms with Gasteiger partial charge < -0.3 is 19.9 Å². The van der Waals surface area contributed by atoms with Crippen LogP contribution in [0.25, 0.3) is 11.1 Å². The van der Waals surface area contributed by atoms with Crippen LogP contribution in [-0.2, 0) is 4.79 Å². The number of likely N-dealkylation sites (tertiary alicyclic amines) is 2. The molecule has 3 fully saturated rings. The molecule has 8 heteroatoms. The number of hydrogen-bond donors (Lipinski definition) is 1. The van der Waals surface area contributed by atoms with Crippen molar-refractivity contribution in [1.82, 2.24) is 15.1 Å². The smallest absolute Gasteiger partial charge is 0.266 e. The monoisotopic (exact) mass is 559 g/mol. The Bertz CT molecular complexity index is 1480. The van der Waals surface area contributed by atoms with Gasteiger partial charge in [0.2, 0.25) is 0 Å². The zero-order chi connectivity index (χ0) is 28.7. The fraction of sp³-hybridized carbons (Fsp3) is 0.394. The lowest BCUT2D eigenvalue weighted by molar-refractivity contribution is -0.146. The van der Waals surface area contributed by atoms with Crippen LogP contribution < -0.4 is 10.1 Å². The molecule has 3 atom stereocenters. The number of halogens is 2. The van der Waals surface area contributed by atoms with Crippen LogP contribution in [0.5, 0.6) is 5.75 Å². The number of hydrogen-bond acceptors (Lipinski definition) is 4. The van der Waals surface area contributed by atoms with Gasteiger partial charge >= 0.3 is 0 Å². The molecular weight excluding hydrogens is 524 g/mol. The maximum atomic E-state index is 13.8. The number of piperazine rings is 1. The van der Waals surface area contributed by atoms with Gasteiger partial charge in [0.05, 0.1) is 0 Å². The van der Waals surface area contributed by atoms with Crippen LogP contribution in [-0.4, -0.2) is 65.5 Å². The number of ether oxygens (including phenoxy) is 1. The van der Waals surface area contributed by atoms with Crippen LogP contribution in [0.4, 0.5) is 8.78 Å². The molecule has 3 aliphatic heterocycles. The van der Waals surface area contributed by atoms with Crippen LogP contribution in [0.15, 0.2) is 66.7 Å². The molecule has 0 radical (unpaired) electrons. The maximum Gasteiger partial charge on any atom is 0.266 e. The maximum absolute atomic E-state index is 13.8. The molecular formula is C33H35F2N3O3. The number of benzene rings is 3. The molecule has 0 saturated carbocycles. The number of fused-ring (bicyclic) bond motifs is 2. The molecule has 0 spiro atoms. The molecule has 3 aromatic carbocycles. The van der Waals surface area contributed by atoms with Crippen molar-refractivity contribution in [3.05, 3.63) is 89.5 Å². The second kappa shape index (κ2) is 10.9. The number of rotatable bonds is 6. The van der Waals surface area contributed by atoms with Crippen molar-refractivity contribution in [1.29, 1.82) is 0 Å². The fourth-order valence-electron chi connectivity index (χ4n) is 6.45. The first-order chi connectivity index (χ1) is 19.7. The van der Waals surface area contributed by atoms with Gasteiger partial charge in [0.15, 0.2) is 17.2 Å². The summed E-state index contributed by atoms with van der Waals surface area (Å²) in [4.78, 5) is 30.7. The molecule has 2 bridgehead atoms. The first-order valence-electron chi connectivity index (χ1n) is 14.4. The summed E-state index contributed by atoms with van der Waals surface area (Å²) in [5.74, 6) is -1.13. The molecule has 6 rings (SSSR count). The summed E-state index contributed by atoms with van der Waals surface area (Å²) in [5, 5.41) is 3.43. The highest BCUT2D eigenvalue weighted by molar-refractivity contribution is 5.95.